The smallest absolute Gasteiger partial charge is 0.128 e. The zero-order valence-electron chi connectivity index (χ0n) is 14.8. The normalized spacial score (nSPS) is 23.6. The van der Waals surface area contributed by atoms with E-state index >= 15 is 0 Å². The zero-order chi connectivity index (χ0) is 17.8. The second kappa shape index (κ2) is 5.43. The van der Waals surface area contributed by atoms with Crippen LogP contribution in [0, 0.1) is 0 Å². The van der Waals surface area contributed by atoms with E-state index in [4.69, 9.17) is 14.5 Å². The lowest BCUT2D eigenvalue weighted by atomic mass is 9.71. The molecule has 6 rings (SSSR count). The van der Waals surface area contributed by atoms with Crippen LogP contribution in [0.1, 0.15) is 22.4 Å². The summed E-state index contributed by atoms with van der Waals surface area (Å²) in [5.41, 5.74) is 5.34. The number of hydrogen-bond donors (Lipinski definition) is 0. The van der Waals surface area contributed by atoms with Crippen LogP contribution in [0.2, 0.25) is 0 Å². The minimum absolute atomic E-state index is 0.0858. The summed E-state index contributed by atoms with van der Waals surface area (Å²) in [5.74, 6) is 1.85. The number of aliphatic imine (C=N–C) groups is 1. The first-order valence-corrected chi connectivity index (χ1v) is 9.36. The molecule has 0 N–H and O–H groups in total. The molecule has 1 aromatic heterocycles. The van der Waals surface area contributed by atoms with E-state index < -0.39 is 0 Å². The van der Waals surface area contributed by atoms with Gasteiger partial charge in [0.05, 0.1) is 17.7 Å². The molecule has 0 aliphatic carbocycles. The molecule has 0 fully saturated rings. The van der Waals surface area contributed by atoms with Gasteiger partial charge in [0.2, 0.25) is 0 Å². The van der Waals surface area contributed by atoms with Crippen LogP contribution in [0.4, 0.5) is 5.69 Å². The van der Waals surface area contributed by atoms with E-state index in [-0.39, 0.29) is 11.5 Å². The Hall–Kier alpha value is -3.14. The van der Waals surface area contributed by atoms with Crippen LogP contribution in [0.15, 0.2) is 65.8 Å². The van der Waals surface area contributed by atoms with Crippen LogP contribution in [0.5, 0.6) is 11.5 Å². The fourth-order valence-corrected chi connectivity index (χ4v) is 4.61. The minimum atomic E-state index is -0.374. The molecule has 0 bridgehead atoms. The van der Waals surface area contributed by atoms with E-state index in [2.05, 4.69) is 47.6 Å². The van der Waals surface area contributed by atoms with Gasteiger partial charge in [0, 0.05) is 42.6 Å². The predicted molar refractivity (Wildman–Crippen MR) is 103 cm³/mol. The minimum Gasteiger partial charge on any atom is -0.493 e. The van der Waals surface area contributed by atoms with Crippen LogP contribution in [0.25, 0.3) is 0 Å². The van der Waals surface area contributed by atoms with Crippen molar-refractivity contribution in [1.29, 1.82) is 0 Å². The second-order valence-corrected chi connectivity index (χ2v) is 7.33. The quantitative estimate of drug-likeness (QED) is 0.698. The number of para-hydroxylation sites is 1. The molecule has 132 valence electrons. The molecule has 3 aromatic rings. The van der Waals surface area contributed by atoms with E-state index in [0.29, 0.717) is 0 Å². The summed E-state index contributed by atoms with van der Waals surface area (Å²) in [4.78, 5) is 9.29. The highest BCUT2D eigenvalue weighted by Gasteiger charge is 2.53. The number of ether oxygens (including phenoxy) is 2. The van der Waals surface area contributed by atoms with Gasteiger partial charge in [-0.2, -0.15) is 0 Å². The highest BCUT2D eigenvalue weighted by molar-refractivity contribution is 5.92. The number of benzene rings is 2. The van der Waals surface area contributed by atoms with Crippen LogP contribution in [-0.4, -0.2) is 23.9 Å². The molecule has 0 radical (unpaired) electrons. The van der Waals surface area contributed by atoms with E-state index in [9.17, 15) is 0 Å². The lowest BCUT2D eigenvalue weighted by Gasteiger charge is -2.28. The first kappa shape index (κ1) is 15.0. The number of rotatable bonds is 2. The molecule has 3 aliphatic rings. The highest BCUT2D eigenvalue weighted by Crippen LogP contribution is 2.54. The summed E-state index contributed by atoms with van der Waals surface area (Å²) < 4.78 is 12.3. The number of aromatic nitrogens is 1. The highest BCUT2D eigenvalue weighted by atomic mass is 16.5. The van der Waals surface area contributed by atoms with Gasteiger partial charge in [0.1, 0.15) is 17.6 Å². The molecule has 0 saturated heterocycles. The summed E-state index contributed by atoms with van der Waals surface area (Å²) in [5, 5.41) is 0. The van der Waals surface area contributed by atoms with E-state index in [1.165, 1.54) is 16.7 Å². The summed E-state index contributed by atoms with van der Waals surface area (Å²) in [6, 6.07) is 18.7. The van der Waals surface area contributed by atoms with Crippen molar-refractivity contribution in [2.45, 2.75) is 24.4 Å². The molecule has 27 heavy (non-hydrogen) atoms. The van der Waals surface area contributed by atoms with E-state index in [1.54, 1.807) is 0 Å². The molecule has 2 aromatic carbocycles. The Balaban J connectivity index is 1.55. The van der Waals surface area contributed by atoms with Gasteiger partial charge in [-0.1, -0.05) is 24.3 Å². The number of pyridine rings is 1. The Labute approximate surface area is 157 Å². The van der Waals surface area contributed by atoms with Crippen LogP contribution >= 0.6 is 0 Å². The third-order valence-electron chi connectivity index (χ3n) is 5.89. The van der Waals surface area contributed by atoms with Gasteiger partial charge < -0.3 is 9.47 Å². The van der Waals surface area contributed by atoms with E-state index in [0.717, 1.165) is 42.3 Å². The molecule has 0 amide bonds. The summed E-state index contributed by atoms with van der Waals surface area (Å²) in [6.07, 6.45) is 5.50. The standard InChI is InChI=1S/C23H18N2O2/c1-2-7-19-17(6-1)23(14-25-19)18-11-15-8-10-26-20(15)13-21(18)27-22(23)12-16-5-3-4-9-24-16/h1-7,9,11,13-14,22H,8,10,12H2. The largest absolute Gasteiger partial charge is 0.493 e. The fraction of sp³-hybridized carbons (Fsp3) is 0.217. The Morgan fingerprint density at radius 3 is 2.85 bits per heavy atom. The van der Waals surface area contributed by atoms with Crippen molar-refractivity contribution in [1.82, 2.24) is 4.98 Å². The molecular weight excluding hydrogens is 336 g/mol. The topological polar surface area (TPSA) is 43.7 Å². The van der Waals surface area contributed by atoms with E-state index in [1.807, 2.05) is 24.4 Å². The lowest BCUT2D eigenvalue weighted by Crippen LogP contribution is -2.41. The van der Waals surface area contributed by atoms with Crippen molar-refractivity contribution in [3.05, 3.63) is 83.2 Å². The van der Waals surface area contributed by atoms with Crippen molar-refractivity contribution in [2.24, 2.45) is 4.99 Å². The monoisotopic (exact) mass is 354 g/mol. The third-order valence-corrected chi connectivity index (χ3v) is 5.89. The molecule has 3 aliphatic heterocycles. The number of hydrogen-bond acceptors (Lipinski definition) is 4. The van der Waals surface area contributed by atoms with Crippen molar-refractivity contribution < 1.29 is 9.47 Å². The average molecular weight is 354 g/mol. The Morgan fingerprint density at radius 2 is 1.93 bits per heavy atom. The SMILES string of the molecule is C1=Nc2ccccc2C12c1cc3c(cc1OC2Cc1ccccn1)OCC3. The molecule has 4 heteroatoms. The Morgan fingerprint density at radius 1 is 1.00 bits per heavy atom. The fourth-order valence-electron chi connectivity index (χ4n) is 4.61. The molecule has 1 spiro atoms. The van der Waals surface area contributed by atoms with Gasteiger partial charge in [-0.05, 0) is 35.4 Å². The van der Waals surface area contributed by atoms with Gasteiger partial charge in [-0.15, -0.1) is 0 Å². The maximum atomic E-state index is 6.52. The van der Waals surface area contributed by atoms with Crippen molar-refractivity contribution >= 4 is 11.9 Å². The molecule has 2 atom stereocenters. The number of fused-ring (bicyclic) bond motifs is 5. The van der Waals surface area contributed by atoms with Crippen LogP contribution in [0.3, 0.4) is 0 Å². The van der Waals surface area contributed by atoms with Crippen LogP contribution in [-0.2, 0) is 18.3 Å². The van der Waals surface area contributed by atoms with Crippen molar-refractivity contribution in [3.8, 4) is 11.5 Å². The third kappa shape index (κ3) is 2.04. The summed E-state index contributed by atoms with van der Waals surface area (Å²) in [7, 11) is 0. The maximum Gasteiger partial charge on any atom is 0.128 e. The zero-order valence-corrected chi connectivity index (χ0v) is 14.8. The van der Waals surface area contributed by atoms with Gasteiger partial charge in [0.25, 0.3) is 0 Å². The first-order valence-electron chi connectivity index (χ1n) is 9.36. The lowest BCUT2D eigenvalue weighted by molar-refractivity contribution is 0.199. The Bertz CT molecular complexity index is 1080. The van der Waals surface area contributed by atoms with Gasteiger partial charge >= 0.3 is 0 Å². The first-order chi connectivity index (χ1) is 13.3. The maximum absolute atomic E-state index is 6.52. The van der Waals surface area contributed by atoms with Gasteiger partial charge in [-0.3, -0.25) is 9.98 Å². The molecule has 4 nitrogen and oxygen atoms in total. The van der Waals surface area contributed by atoms with Gasteiger partial charge in [0.15, 0.2) is 0 Å². The average Bonchev–Trinajstić information content (AvgIpc) is 3.39. The van der Waals surface area contributed by atoms with Crippen molar-refractivity contribution in [2.75, 3.05) is 6.61 Å². The van der Waals surface area contributed by atoms with Crippen LogP contribution < -0.4 is 9.47 Å². The van der Waals surface area contributed by atoms with Crippen molar-refractivity contribution in [3.63, 3.8) is 0 Å². The second-order valence-electron chi connectivity index (χ2n) is 7.33. The molecule has 4 heterocycles. The number of nitrogens with zero attached hydrogens (tertiary/aromatic N) is 2. The summed E-state index contributed by atoms with van der Waals surface area (Å²) >= 11 is 0. The molecule has 2 unspecified atom stereocenters. The molecule has 0 saturated carbocycles. The van der Waals surface area contributed by atoms with Gasteiger partial charge in [-0.25, -0.2) is 0 Å². The predicted octanol–water partition coefficient (Wildman–Crippen LogP) is 4.02. The molecular formula is C23H18N2O2. The summed E-state index contributed by atoms with van der Waals surface area (Å²) in [6.45, 7) is 0.743. The Kier molecular flexibility index (Phi) is 3.01.